The smallest absolute Gasteiger partial charge is 0.246 e. The molecule has 0 spiro atoms. The van der Waals surface area contributed by atoms with Crippen molar-refractivity contribution in [2.45, 2.75) is 39.8 Å². The van der Waals surface area contributed by atoms with Crippen LogP contribution in [0.25, 0.3) is 0 Å². The first-order valence-electron chi connectivity index (χ1n) is 8.27. The Kier molecular flexibility index (Phi) is 6.17. The van der Waals surface area contributed by atoms with Crippen LogP contribution in [0.15, 0.2) is 48.5 Å². The lowest BCUT2D eigenvalue weighted by atomic mass is 10.1. The van der Waals surface area contributed by atoms with Gasteiger partial charge in [0.15, 0.2) is 0 Å². The number of rotatable bonds is 6. The topological polar surface area (TPSA) is 67.4 Å². The van der Waals surface area contributed by atoms with Crippen LogP contribution >= 0.6 is 0 Å². The second kappa shape index (κ2) is 8.33. The SMILES string of the molecule is CC(=O)N[C@@H](C)C(=O)Nc1ccc(O[C@@H](C)c2ccccc2)cc1C. The maximum absolute atomic E-state index is 12.1. The number of nitrogens with one attached hydrogen (secondary N) is 2. The van der Waals surface area contributed by atoms with Crippen LogP contribution in [-0.2, 0) is 9.59 Å². The fourth-order valence-corrected chi connectivity index (χ4v) is 2.46. The second-order valence-electron chi connectivity index (χ2n) is 6.06. The van der Waals surface area contributed by atoms with E-state index in [1.807, 2.05) is 56.3 Å². The molecule has 5 nitrogen and oxygen atoms in total. The second-order valence-corrected chi connectivity index (χ2v) is 6.06. The van der Waals surface area contributed by atoms with Crippen molar-refractivity contribution in [3.8, 4) is 5.75 Å². The Morgan fingerprint density at radius 3 is 2.32 bits per heavy atom. The van der Waals surface area contributed by atoms with Crippen molar-refractivity contribution in [3.05, 3.63) is 59.7 Å². The Morgan fingerprint density at radius 1 is 1.04 bits per heavy atom. The predicted octanol–water partition coefficient (Wildman–Crippen LogP) is 3.60. The van der Waals surface area contributed by atoms with E-state index in [1.54, 1.807) is 13.0 Å². The summed E-state index contributed by atoms with van der Waals surface area (Å²) in [6, 6.07) is 14.9. The van der Waals surface area contributed by atoms with Gasteiger partial charge in [-0.1, -0.05) is 30.3 Å². The molecule has 2 atom stereocenters. The summed E-state index contributed by atoms with van der Waals surface area (Å²) in [5.41, 5.74) is 2.68. The van der Waals surface area contributed by atoms with Gasteiger partial charge in [-0.15, -0.1) is 0 Å². The van der Waals surface area contributed by atoms with E-state index < -0.39 is 6.04 Å². The fraction of sp³-hybridized carbons (Fsp3) is 0.300. The molecule has 0 aromatic heterocycles. The number of carbonyl (C=O) groups excluding carboxylic acids is 2. The van der Waals surface area contributed by atoms with Crippen molar-refractivity contribution >= 4 is 17.5 Å². The molecule has 0 aliphatic heterocycles. The van der Waals surface area contributed by atoms with E-state index in [0.29, 0.717) is 5.69 Å². The summed E-state index contributed by atoms with van der Waals surface area (Å²) in [7, 11) is 0. The molecule has 5 heteroatoms. The first kappa shape index (κ1) is 18.5. The Bertz CT molecular complexity index is 744. The number of ether oxygens (including phenoxy) is 1. The van der Waals surface area contributed by atoms with Crippen molar-refractivity contribution in [2.24, 2.45) is 0 Å². The molecule has 2 N–H and O–H groups in total. The molecule has 0 saturated heterocycles. The van der Waals surface area contributed by atoms with E-state index in [0.717, 1.165) is 16.9 Å². The predicted molar refractivity (Wildman–Crippen MR) is 98.6 cm³/mol. The first-order valence-corrected chi connectivity index (χ1v) is 8.27. The Morgan fingerprint density at radius 2 is 1.72 bits per heavy atom. The normalized spacial score (nSPS) is 12.8. The van der Waals surface area contributed by atoms with Crippen LogP contribution in [0.1, 0.15) is 38.0 Å². The first-order chi connectivity index (χ1) is 11.9. The third-order valence-electron chi connectivity index (χ3n) is 3.85. The zero-order valence-electron chi connectivity index (χ0n) is 15.0. The molecule has 0 bridgehead atoms. The Balaban J connectivity index is 2.03. The largest absolute Gasteiger partial charge is 0.486 e. The molecule has 0 unspecified atom stereocenters. The maximum Gasteiger partial charge on any atom is 0.246 e. The number of hydrogen-bond acceptors (Lipinski definition) is 3. The molecular formula is C20H24N2O3. The van der Waals surface area contributed by atoms with Crippen molar-refractivity contribution in [2.75, 3.05) is 5.32 Å². The van der Waals surface area contributed by atoms with Gasteiger partial charge in [-0.25, -0.2) is 0 Å². The molecular weight excluding hydrogens is 316 g/mol. The number of benzene rings is 2. The molecule has 132 valence electrons. The summed E-state index contributed by atoms with van der Waals surface area (Å²) in [5, 5.41) is 5.38. The van der Waals surface area contributed by atoms with Gasteiger partial charge < -0.3 is 15.4 Å². The van der Waals surface area contributed by atoms with E-state index in [-0.39, 0.29) is 17.9 Å². The monoisotopic (exact) mass is 340 g/mol. The van der Waals surface area contributed by atoms with E-state index in [9.17, 15) is 9.59 Å². The lowest BCUT2D eigenvalue weighted by Gasteiger charge is -2.17. The number of hydrogen-bond donors (Lipinski definition) is 2. The molecule has 2 rings (SSSR count). The molecule has 0 fully saturated rings. The molecule has 0 heterocycles. The van der Waals surface area contributed by atoms with Crippen LogP contribution in [0, 0.1) is 6.92 Å². The molecule has 2 aromatic carbocycles. The quantitative estimate of drug-likeness (QED) is 0.844. The van der Waals surface area contributed by atoms with Gasteiger partial charge in [-0.3, -0.25) is 9.59 Å². The summed E-state index contributed by atoms with van der Waals surface area (Å²) in [6.45, 7) is 6.92. The zero-order chi connectivity index (χ0) is 18.4. The minimum absolute atomic E-state index is 0.0687. The molecule has 25 heavy (non-hydrogen) atoms. The van der Waals surface area contributed by atoms with Crippen LogP contribution in [0.2, 0.25) is 0 Å². The van der Waals surface area contributed by atoms with Gasteiger partial charge in [0.25, 0.3) is 0 Å². The van der Waals surface area contributed by atoms with Crippen LogP contribution in [0.3, 0.4) is 0 Å². The van der Waals surface area contributed by atoms with E-state index in [1.165, 1.54) is 6.92 Å². The highest BCUT2D eigenvalue weighted by Gasteiger charge is 2.15. The summed E-state index contributed by atoms with van der Waals surface area (Å²) < 4.78 is 5.97. The van der Waals surface area contributed by atoms with Gasteiger partial charge >= 0.3 is 0 Å². The highest BCUT2D eigenvalue weighted by Crippen LogP contribution is 2.26. The van der Waals surface area contributed by atoms with Gasteiger partial charge in [0.05, 0.1) is 0 Å². The average Bonchev–Trinajstić information content (AvgIpc) is 2.57. The molecule has 0 aliphatic carbocycles. The van der Waals surface area contributed by atoms with Crippen LogP contribution < -0.4 is 15.4 Å². The van der Waals surface area contributed by atoms with E-state index >= 15 is 0 Å². The number of anilines is 1. The van der Waals surface area contributed by atoms with Crippen LogP contribution in [0.4, 0.5) is 5.69 Å². The van der Waals surface area contributed by atoms with Gasteiger partial charge in [-0.05, 0) is 50.1 Å². The molecule has 2 amide bonds. The molecule has 0 radical (unpaired) electrons. The number of carbonyl (C=O) groups is 2. The van der Waals surface area contributed by atoms with E-state index in [2.05, 4.69) is 10.6 Å². The van der Waals surface area contributed by atoms with Crippen LogP contribution in [0.5, 0.6) is 5.75 Å². The third-order valence-corrected chi connectivity index (χ3v) is 3.85. The van der Waals surface area contributed by atoms with Crippen molar-refractivity contribution in [1.29, 1.82) is 0 Å². The summed E-state index contributed by atoms with van der Waals surface area (Å²) in [5.74, 6) is 0.240. The van der Waals surface area contributed by atoms with E-state index in [4.69, 9.17) is 4.74 Å². The number of amides is 2. The lowest BCUT2D eigenvalue weighted by molar-refractivity contribution is -0.124. The summed E-state index contributed by atoms with van der Waals surface area (Å²) in [4.78, 5) is 23.1. The van der Waals surface area contributed by atoms with Crippen molar-refractivity contribution in [1.82, 2.24) is 5.32 Å². The van der Waals surface area contributed by atoms with Crippen molar-refractivity contribution < 1.29 is 14.3 Å². The highest BCUT2D eigenvalue weighted by atomic mass is 16.5. The molecule has 0 aliphatic rings. The Hall–Kier alpha value is -2.82. The minimum Gasteiger partial charge on any atom is -0.486 e. The molecule has 2 aromatic rings. The van der Waals surface area contributed by atoms with Gasteiger partial charge in [0.2, 0.25) is 11.8 Å². The molecule has 0 saturated carbocycles. The third kappa shape index (κ3) is 5.35. The summed E-state index contributed by atoms with van der Waals surface area (Å²) >= 11 is 0. The number of aryl methyl sites for hydroxylation is 1. The highest BCUT2D eigenvalue weighted by molar-refractivity contribution is 5.97. The van der Waals surface area contributed by atoms with Gasteiger partial charge in [0.1, 0.15) is 17.9 Å². The van der Waals surface area contributed by atoms with Gasteiger partial charge in [-0.2, -0.15) is 0 Å². The maximum atomic E-state index is 12.1. The standard InChI is InChI=1S/C20H24N2O3/c1-13-12-18(25-15(3)17-8-6-5-7-9-17)10-11-19(13)22-20(24)14(2)21-16(4)23/h5-12,14-15H,1-4H3,(H,21,23)(H,22,24)/t14-,15-/m0/s1. The minimum atomic E-state index is -0.592. The lowest BCUT2D eigenvalue weighted by Crippen LogP contribution is -2.40. The average molecular weight is 340 g/mol. The van der Waals surface area contributed by atoms with Crippen LogP contribution in [-0.4, -0.2) is 17.9 Å². The van der Waals surface area contributed by atoms with Crippen molar-refractivity contribution in [3.63, 3.8) is 0 Å². The zero-order valence-corrected chi connectivity index (χ0v) is 15.0. The summed E-state index contributed by atoms with van der Waals surface area (Å²) in [6.07, 6.45) is -0.0687. The Labute approximate surface area is 148 Å². The fourth-order valence-electron chi connectivity index (χ4n) is 2.46. The van der Waals surface area contributed by atoms with Gasteiger partial charge in [0, 0.05) is 12.6 Å².